The van der Waals surface area contributed by atoms with Crippen molar-refractivity contribution in [2.24, 2.45) is 0 Å². The van der Waals surface area contributed by atoms with Crippen LogP contribution in [0.3, 0.4) is 0 Å². The van der Waals surface area contributed by atoms with Gasteiger partial charge in [-0.15, -0.1) is 36.7 Å². The zero-order chi connectivity index (χ0) is 46.4. The third kappa shape index (κ3) is 16.0. The Labute approximate surface area is 380 Å². The highest BCUT2D eigenvalue weighted by Crippen LogP contribution is 2.37. The minimum Gasteiger partial charge on any atom is -0.490 e. The number of hydrogen-bond donors (Lipinski definition) is 0. The topological polar surface area (TPSA) is 124 Å². The summed E-state index contributed by atoms with van der Waals surface area (Å²) in [6, 6.07) is 26.5. The van der Waals surface area contributed by atoms with E-state index in [4.69, 9.17) is 23.7 Å². The molecule has 1 unspecified atom stereocenters. The molecule has 334 valence electrons. The number of ether oxygens (including phenoxy) is 6. The van der Waals surface area contributed by atoms with Crippen LogP contribution in [0.1, 0.15) is 70.7 Å². The molecule has 0 fully saturated rings. The van der Waals surface area contributed by atoms with Crippen LogP contribution >= 0.6 is 23.5 Å². The van der Waals surface area contributed by atoms with E-state index in [1.54, 1.807) is 67.7 Å². The van der Waals surface area contributed by atoms with Crippen molar-refractivity contribution in [3.05, 3.63) is 169 Å². The SMILES string of the molecule is C=CC(=O)OCC.C=CCc1cc(C(C)(C)c2ccc(OCC(C)(COC(=O)c3ccc(SC)cc3)OC(=O)C=C)c(CC=C)c2)ccc1OCCOC(=O)c1ccc(SC)cc1. The maximum Gasteiger partial charge on any atom is 0.338 e. The van der Waals surface area contributed by atoms with Gasteiger partial charge >= 0.3 is 23.9 Å². The van der Waals surface area contributed by atoms with Crippen molar-refractivity contribution >= 4 is 47.4 Å². The highest BCUT2D eigenvalue weighted by Gasteiger charge is 2.33. The lowest BCUT2D eigenvalue weighted by Gasteiger charge is -2.30. The Morgan fingerprint density at radius 3 is 1.49 bits per heavy atom. The second-order valence-corrected chi connectivity index (χ2v) is 16.4. The van der Waals surface area contributed by atoms with Crippen LogP contribution in [0.4, 0.5) is 0 Å². The molecule has 0 heterocycles. The first-order valence-electron chi connectivity index (χ1n) is 20.2. The highest BCUT2D eigenvalue weighted by atomic mass is 32.2. The fourth-order valence-corrected chi connectivity index (χ4v) is 6.77. The summed E-state index contributed by atoms with van der Waals surface area (Å²) in [6.45, 7) is 22.7. The summed E-state index contributed by atoms with van der Waals surface area (Å²) >= 11 is 3.18. The molecule has 0 amide bonds. The first kappa shape index (κ1) is 51.4. The van der Waals surface area contributed by atoms with Crippen LogP contribution in [0, 0.1) is 0 Å². The third-order valence-corrected chi connectivity index (χ3v) is 11.0. The van der Waals surface area contributed by atoms with Gasteiger partial charge in [0.25, 0.3) is 0 Å². The average molecular weight is 895 g/mol. The zero-order valence-electron chi connectivity index (χ0n) is 37.1. The quantitative estimate of drug-likeness (QED) is 0.0176. The third-order valence-electron chi connectivity index (χ3n) is 9.53. The molecule has 0 bridgehead atoms. The number of carbonyl (C=O) groups is 4. The number of hydrogen-bond acceptors (Lipinski definition) is 12. The number of esters is 4. The molecule has 0 saturated heterocycles. The summed E-state index contributed by atoms with van der Waals surface area (Å²) in [5, 5.41) is 0. The van der Waals surface area contributed by atoms with Gasteiger partial charge in [-0.1, -0.05) is 63.4 Å². The number of thioether (sulfide) groups is 2. The minimum absolute atomic E-state index is 0.0883. The highest BCUT2D eigenvalue weighted by molar-refractivity contribution is 7.98. The van der Waals surface area contributed by atoms with E-state index >= 15 is 0 Å². The van der Waals surface area contributed by atoms with Crippen molar-refractivity contribution in [3.63, 3.8) is 0 Å². The fourth-order valence-electron chi connectivity index (χ4n) is 5.96. The summed E-state index contributed by atoms with van der Waals surface area (Å²) in [4.78, 5) is 49.9. The molecule has 1 atom stereocenters. The normalized spacial score (nSPS) is 11.6. The average Bonchev–Trinajstić information content (AvgIpc) is 3.29. The first-order valence-corrected chi connectivity index (χ1v) is 22.6. The van der Waals surface area contributed by atoms with Crippen LogP contribution in [-0.2, 0) is 46.8 Å². The lowest BCUT2D eigenvalue weighted by Crippen LogP contribution is -2.43. The molecule has 4 aromatic rings. The van der Waals surface area contributed by atoms with Gasteiger partial charge in [-0.2, -0.15) is 0 Å². The maximum absolute atomic E-state index is 12.9. The number of allylic oxidation sites excluding steroid dienone is 2. The molecule has 12 heteroatoms. The number of rotatable bonds is 23. The zero-order valence-corrected chi connectivity index (χ0v) is 38.7. The van der Waals surface area contributed by atoms with E-state index in [1.807, 2.05) is 67.1 Å². The predicted molar refractivity (Wildman–Crippen MR) is 252 cm³/mol. The minimum atomic E-state index is -1.31. The van der Waals surface area contributed by atoms with Crippen LogP contribution in [0.15, 0.2) is 145 Å². The van der Waals surface area contributed by atoms with E-state index in [-0.39, 0.29) is 32.4 Å². The van der Waals surface area contributed by atoms with Gasteiger partial charge in [0.15, 0.2) is 5.60 Å². The van der Waals surface area contributed by atoms with Gasteiger partial charge in [0, 0.05) is 27.4 Å². The molecular formula is C51H58O10S2. The van der Waals surface area contributed by atoms with Crippen LogP contribution in [0.5, 0.6) is 11.5 Å². The van der Waals surface area contributed by atoms with Crippen LogP contribution in [-0.4, -0.2) is 75.0 Å². The fraction of sp³-hybridized carbons (Fsp3) is 0.294. The summed E-state index contributed by atoms with van der Waals surface area (Å²) in [7, 11) is 0. The molecule has 0 aromatic heterocycles. The smallest absolute Gasteiger partial charge is 0.338 e. The van der Waals surface area contributed by atoms with Gasteiger partial charge in [-0.25, -0.2) is 19.2 Å². The molecule has 0 aliphatic carbocycles. The van der Waals surface area contributed by atoms with Crippen molar-refractivity contribution in [2.45, 2.75) is 61.3 Å². The lowest BCUT2D eigenvalue weighted by molar-refractivity contribution is -0.160. The molecule has 0 spiro atoms. The van der Waals surface area contributed by atoms with Crippen LogP contribution < -0.4 is 9.47 Å². The number of benzene rings is 4. The Hall–Kier alpha value is -5.98. The molecule has 0 radical (unpaired) electrons. The Bertz CT molecular complexity index is 2190. The molecule has 0 saturated carbocycles. The molecule has 4 aromatic carbocycles. The van der Waals surface area contributed by atoms with Crippen molar-refractivity contribution in [1.82, 2.24) is 0 Å². The monoisotopic (exact) mass is 894 g/mol. The molecule has 0 N–H and O–H groups in total. The summed E-state index contributed by atoms with van der Waals surface area (Å²) in [6.07, 6.45) is 10.9. The van der Waals surface area contributed by atoms with E-state index in [9.17, 15) is 19.2 Å². The second kappa shape index (κ2) is 25.8. The molecule has 10 nitrogen and oxygen atoms in total. The molecule has 63 heavy (non-hydrogen) atoms. The lowest BCUT2D eigenvalue weighted by atomic mass is 9.76. The van der Waals surface area contributed by atoms with Gasteiger partial charge in [0.05, 0.1) is 17.7 Å². The Balaban J connectivity index is 0.00000139. The standard InChI is InChI=1S/C46H50O8S2.C5H8O2/c1-9-12-34-28-36(18-24-40(34)50-26-27-51-43(48)32-14-20-38(55-7)21-15-32)45(4,5)37-19-25-41(35(29-37)13-10-2)52-30-46(6,54-42(47)11-3)31-53-44(49)33-16-22-39(56-8)23-17-33;1-3-5(6)7-4-2/h9-11,14-25,28-29H,1-3,12-13,26-27,30-31H2,4-8H3;3H,1,4H2,2H3. The van der Waals surface area contributed by atoms with Crippen molar-refractivity contribution in [2.75, 3.05) is 45.5 Å². The van der Waals surface area contributed by atoms with E-state index in [1.165, 1.54) is 0 Å². The van der Waals surface area contributed by atoms with Crippen molar-refractivity contribution < 1.29 is 47.6 Å². The van der Waals surface area contributed by atoms with Crippen molar-refractivity contribution in [3.8, 4) is 11.5 Å². The molecule has 0 aliphatic rings. The van der Waals surface area contributed by atoms with E-state index in [0.29, 0.717) is 42.1 Å². The first-order chi connectivity index (χ1) is 30.2. The van der Waals surface area contributed by atoms with Crippen molar-refractivity contribution in [1.29, 1.82) is 0 Å². The van der Waals surface area contributed by atoms with Crippen LogP contribution in [0.25, 0.3) is 0 Å². The molecular weight excluding hydrogens is 837 g/mol. The van der Waals surface area contributed by atoms with E-state index in [2.05, 4.69) is 57.0 Å². The Kier molecular flexibility index (Phi) is 21.1. The predicted octanol–water partition coefficient (Wildman–Crippen LogP) is 10.6. The van der Waals surface area contributed by atoms with Gasteiger partial charge in [-0.3, -0.25) is 0 Å². The van der Waals surface area contributed by atoms with Gasteiger partial charge < -0.3 is 28.4 Å². The van der Waals surface area contributed by atoms with Crippen LogP contribution in [0.2, 0.25) is 0 Å². The Morgan fingerprint density at radius 1 is 0.587 bits per heavy atom. The van der Waals surface area contributed by atoms with E-state index in [0.717, 1.165) is 44.2 Å². The largest absolute Gasteiger partial charge is 0.490 e. The molecule has 0 aliphatic heterocycles. The van der Waals surface area contributed by atoms with E-state index < -0.39 is 28.9 Å². The summed E-state index contributed by atoms with van der Waals surface area (Å²) in [5.74, 6) is -0.678. The summed E-state index contributed by atoms with van der Waals surface area (Å²) < 4.78 is 33.5. The summed E-state index contributed by atoms with van der Waals surface area (Å²) in [5.41, 5.74) is 3.09. The Morgan fingerprint density at radius 2 is 1.06 bits per heavy atom. The van der Waals surface area contributed by atoms with Gasteiger partial charge in [-0.05, 0) is 122 Å². The molecule has 4 rings (SSSR count). The second-order valence-electron chi connectivity index (χ2n) is 14.6. The number of carbonyl (C=O) groups excluding carboxylic acids is 4. The van der Waals surface area contributed by atoms with Gasteiger partial charge in [0.2, 0.25) is 0 Å². The van der Waals surface area contributed by atoms with Gasteiger partial charge in [0.1, 0.15) is 37.9 Å². The maximum atomic E-state index is 12.9.